The molecule has 4 heterocycles. The van der Waals surface area contributed by atoms with Gasteiger partial charge in [0.25, 0.3) is 17.7 Å². The smallest absolute Gasteiger partial charge is 0.255 e. The first-order chi connectivity index (χ1) is 42.1. The molecule has 0 bridgehead atoms. The third-order valence-electron chi connectivity index (χ3n) is 14.9. The number of aromatic nitrogens is 6. The lowest BCUT2D eigenvalue weighted by atomic mass is 9.95. The summed E-state index contributed by atoms with van der Waals surface area (Å²) in [6, 6.07) is 62.0. The molecule has 2 aliphatic rings. The van der Waals surface area contributed by atoms with Gasteiger partial charge in [0.05, 0.1) is 17.1 Å². The Balaban J connectivity index is 0.000000155. The van der Waals surface area contributed by atoms with Gasteiger partial charge in [-0.15, -0.1) is 0 Å². The Morgan fingerprint density at radius 3 is 1.10 bits per heavy atom. The molecule has 5 N–H and O–H groups in total. The van der Waals surface area contributed by atoms with Crippen LogP contribution in [0.15, 0.2) is 213 Å². The van der Waals surface area contributed by atoms with Crippen molar-refractivity contribution >= 4 is 58.3 Å². The number of hydrogen-bond acceptors (Lipinski definition) is 12. The van der Waals surface area contributed by atoms with Crippen LogP contribution in [0.2, 0.25) is 0 Å². The average molecular weight is 1160 g/mol. The highest BCUT2D eigenvalue weighted by atomic mass is 16.2. The second-order valence-electron chi connectivity index (χ2n) is 21.4. The average Bonchev–Trinajstić information content (AvgIpc) is 3.57. The van der Waals surface area contributed by atoms with Crippen LogP contribution in [0.3, 0.4) is 0 Å². The van der Waals surface area contributed by atoms with Crippen LogP contribution >= 0.6 is 0 Å². The minimum absolute atomic E-state index is 0. The molecule has 0 unspecified atom stereocenters. The fourth-order valence-corrected chi connectivity index (χ4v) is 10.2. The molecular formula is C72H74N12O3. The Bertz CT molecular complexity index is 3830. The molecule has 3 amide bonds. The molecule has 0 radical (unpaired) electrons. The first-order valence-corrected chi connectivity index (χ1v) is 29.3. The fraction of sp³-hybridized carbons (Fsp3) is 0.208. The lowest BCUT2D eigenvalue weighted by Gasteiger charge is -2.26. The summed E-state index contributed by atoms with van der Waals surface area (Å²) in [5, 5.41) is 15.7. The number of piperidine rings is 1. The predicted octanol–water partition coefficient (Wildman–Crippen LogP) is 16.2. The first-order valence-electron chi connectivity index (χ1n) is 29.3. The molecular weight excluding hydrogens is 1080 g/mol. The van der Waals surface area contributed by atoms with Gasteiger partial charge in [-0.3, -0.25) is 14.4 Å². The Kier molecular flexibility index (Phi) is 21.4. The highest BCUT2D eigenvalue weighted by Gasteiger charge is 2.20. The molecule has 0 atom stereocenters. The standard InChI is InChI=1S/C24H26N4O.C24H20N4O.C23H24N4O.CH4/c2*1-17-16-25-24(27-21-10-6-3-7-11-21)28-22(17)18-12-14-19(15-13-18)23(29)26-20-8-4-2-5-9-20;1-17-16-24-23(25-20-8-4-2-5-9-20)26-21(17)18-10-12-19(13-11-18)22(28)27-14-6-3-7-15-27;/h3,6-7,10-16,20H,2,4-5,8-9H2,1H3,(H,26,29)(H,25,27,28);2-16H,1H3,(H,26,29)(H,25,27,28);2,4-5,8-13,16H,3,6-7,14-15H2,1H3,(H,24,25,26);1H4. The molecule has 0 spiro atoms. The minimum Gasteiger partial charge on any atom is -0.349 e. The highest BCUT2D eigenvalue weighted by molar-refractivity contribution is 6.04. The number of hydrogen-bond donors (Lipinski definition) is 5. The van der Waals surface area contributed by atoms with Gasteiger partial charge in [0.2, 0.25) is 17.8 Å². The van der Waals surface area contributed by atoms with Gasteiger partial charge in [0, 0.05) is 93.9 Å². The molecule has 1 aliphatic heterocycles. The Morgan fingerprint density at radius 1 is 0.391 bits per heavy atom. The van der Waals surface area contributed by atoms with E-state index in [1.165, 1.54) is 25.7 Å². The summed E-state index contributed by atoms with van der Waals surface area (Å²) in [6.45, 7) is 7.68. The van der Waals surface area contributed by atoms with Crippen LogP contribution in [0, 0.1) is 20.8 Å². The van der Waals surface area contributed by atoms with Crippen LogP contribution in [0.25, 0.3) is 33.8 Å². The van der Waals surface area contributed by atoms with Gasteiger partial charge in [-0.2, -0.15) is 0 Å². The summed E-state index contributed by atoms with van der Waals surface area (Å²) < 4.78 is 0. The lowest BCUT2D eigenvalue weighted by Crippen LogP contribution is -2.36. The van der Waals surface area contributed by atoms with E-state index in [9.17, 15) is 14.4 Å². The summed E-state index contributed by atoms with van der Waals surface area (Å²) in [6.07, 6.45) is 14.7. The van der Waals surface area contributed by atoms with Crippen LogP contribution in [0.4, 0.5) is 40.6 Å². The van der Waals surface area contributed by atoms with E-state index in [-0.39, 0.29) is 25.1 Å². The molecule has 15 heteroatoms. The second kappa shape index (κ2) is 30.4. The number of benzene rings is 7. The maximum Gasteiger partial charge on any atom is 0.255 e. The first kappa shape index (κ1) is 61.2. The molecule has 440 valence electrons. The van der Waals surface area contributed by atoms with Crippen molar-refractivity contribution in [2.45, 2.75) is 85.6 Å². The number of nitrogens with zero attached hydrogens (tertiary/aromatic N) is 7. The third-order valence-corrected chi connectivity index (χ3v) is 14.9. The Labute approximate surface area is 510 Å². The number of amides is 3. The maximum absolute atomic E-state index is 12.7. The molecule has 87 heavy (non-hydrogen) atoms. The number of nitrogens with one attached hydrogen (secondary N) is 5. The fourth-order valence-electron chi connectivity index (χ4n) is 10.2. The largest absolute Gasteiger partial charge is 0.349 e. The van der Waals surface area contributed by atoms with Gasteiger partial charge in [0.1, 0.15) is 0 Å². The van der Waals surface area contributed by atoms with Crippen LogP contribution in [-0.4, -0.2) is 71.7 Å². The highest BCUT2D eigenvalue weighted by Crippen LogP contribution is 2.28. The zero-order valence-corrected chi connectivity index (χ0v) is 48.7. The van der Waals surface area contributed by atoms with Crippen molar-refractivity contribution in [3.63, 3.8) is 0 Å². The number of aryl methyl sites for hydroxylation is 3. The van der Waals surface area contributed by atoms with Crippen molar-refractivity contribution in [1.82, 2.24) is 40.1 Å². The zero-order chi connectivity index (χ0) is 59.5. The van der Waals surface area contributed by atoms with Crippen LogP contribution < -0.4 is 26.6 Å². The number of carbonyl (C=O) groups is 3. The monoisotopic (exact) mass is 1150 g/mol. The van der Waals surface area contributed by atoms with E-state index in [0.717, 1.165) is 118 Å². The van der Waals surface area contributed by atoms with Gasteiger partial charge >= 0.3 is 0 Å². The molecule has 1 saturated carbocycles. The molecule has 2 fully saturated rings. The molecule has 7 aromatic carbocycles. The van der Waals surface area contributed by atoms with E-state index < -0.39 is 0 Å². The molecule has 3 aromatic heterocycles. The summed E-state index contributed by atoms with van der Waals surface area (Å²) in [4.78, 5) is 66.8. The number of para-hydroxylation sites is 4. The van der Waals surface area contributed by atoms with Gasteiger partial charge in [-0.25, -0.2) is 29.9 Å². The summed E-state index contributed by atoms with van der Waals surface area (Å²) in [7, 11) is 0. The van der Waals surface area contributed by atoms with E-state index in [4.69, 9.17) is 0 Å². The third kappa shape index (κ3) is 17.1. The minimum atomic E-state index is -0.145. The Morgan fingerprint density at radius 2 is 0.724 bits per heavy atom. The molecule has 1 aliphatic carbocycles. The maximum atomic E-state index is 12.7. The van der Waals surface area contributed by atoms with E-state index in [2.05, 4.69) is 56.5 Å². The van der Waals surface area contributed by atoms with E-state index in [0.29, 0.717) is 35.0 Å². The molecule has 10 aromatic rings. The lowest BCUT2D eigenvalue weighted by molar-refractivity contribution is 0.0724. The SMILES string of the molecule is C.Cc1cnc(Nc2ccccc2)nc1-c1ccc(C(=O)N2CCCCC2)cc1.Cc1cnc(Nc2ccccc2)nc1-c1ccc(C(=O)NC2CCCCC2)cc1.Cc1cnc(Nc2ccccc2)nc1-c1ccc(C(=O)Nc2ccccc2)cc1. The quantitative estimate of drug-likeness (QED) is 0.0693. The predicted molar refractivity (Wildman–Crippen MR) is 351 cm³/mol. The molecule has 12 rings (SSSR count). The zero-order valence-electron chi connectivity index (χ0n) is 48.7. The van der Waals surface area contributed by atoms with Gasteiger partial charge in [-0.1, -0.05) is 136 Å². The number of anilines is 7. The van der Waals surface area contributed by atoms with Crippen LogP contribution in [-0.2, 0) is 0 Å². The topological polar surface area (TPSA) is 192 Å². The van der Waals surface area contributed by atoms with E-state index in [1.807, 2.05) is 220 Å². The van der Waals surface area contributed by atoms with Crippen LogP contribution in [0.1, 0.15) is 107 Å². The van der Waals surface area contributed by atoms with Crippen molar-refractivity contribution in [1.29, 1.82) is 0 Å². The van der Waals surface area contributed by atoms with E-state index >= 15 is 0 Å². The summed E-state index contributed by atoms with van der Waals surface area (Å²) >= 11 is 0. The van der Waals surface area contributed by atoms with Crippen molar-refractivity contribution in [3.05, 3.63) is 246 Å². The summed E-state index contributed by atoms with van der Waals surface area (Å²) in [5.41, 5.74) is 14.0. The van der Waals surface area contributed by atoms with Gasteiger partial charge in [0.15, 0.2) is 0 Å². The van der Waals surface area contributed by atoms with Crippen molar-refractivity contribution < 1.29 is 14.4 Å². The molecule has 1 saturated heterocycles. The number of carbonyl (C=O) groups excluding carboxylic acids is 3. The number of rotatable bonds is 14. The van der Waals surface area contributed by atoms with Crippen molar-refractivity contribution in [2.75, 3.05) is 34.4 Å². The number of likely N-dealkylation sites (tertiary alicyclic amines) is 1. The van der Waals surface area contributed by atoms with Crippen molar-refractivity contribution in [2.24, 2.45) is 0 Å². The van der Waals surface area contributed by atoms with Gasteiger partial charge < -0.3 is 31.5 Å². The van der Waals surface area contributed by atoms with Crippen LogP contribution in [0.5, 0.6) is 0 Å². The van der Waals surface area contributed by atoms with Crippen molar-refractivity contribution in [3.8, 4) is 33.8 Å². The normalized spacial score (nSPS) is 12.7. The second-order valence-corrected chi connectivity index (χ2v) is 21.4. The summed E-state index contributed by atoms with van der Waals surface area (Å²) in [5.74, 6) is 1.62. The van der Waals surface area contributed by atoms with E-state index in [1.54, 1.807) is 18.3 Å². The van der Waals surface area contributed by atoms with Gasteiger partial charge in [-0.05, 0) is 154 Å². The Hall–Kier alpha value is -10.4. The molecule has 15 nitrogen and oxygen atoms in total.